The second kappa shape index (κ2) is 5.09. The lowest BCUT2D eigenvalue weighted by atomic mass is 10.0. The lowest BCUT2D eigenvalue weighted by Gasteiger charge is -2.35. The van der Waals surface area contributed by atoms with Gasteiger partial charge in [0.1, 0.15) is 5.56 Å². The van der Waals surface area contributed by atoms with Crippen molar-refractivity contribution in [2.45, 2.75) is 32.2 Å². The van der Waals surface area contributed by atoms with Gasteiger partial charge in [0.15, 0.2) is 0 Å². The van der Waals surface area contributed by atoms with Gasteiger partial charge in [0.05, 0.1) is 4.92 Å². The van der Waals surface area contributed by atoms with E-state index >= 15 is 0 Å². The first-order valence-corrected chi connectivity index (χ1v) is 6.15. The van der Waals surface area contributed by atoms with Gasteiger partial charge >= 0.3 is 0 Å². The molecule has 1 aromatic rings. The molecule has 0 radical (unpaired) electrons. The lowest BCUT2D eigenvalue weighted by molar-refractivity contribution is -0.385. The van der Waals surface area contributed by atoms with Gasteiger partial charge in [-0.25, -0.2) is 0 Å². The van der Waals surface area contributed by atoms with E-state index in [4.69, 9.17) is 6.42 Å². The Balaban J connectivity index is 2.35. The molecule has 2 rings (SSSR count). The van der Waals surface area contributed by atoms with Crippen LogP contribution in [0, 0.1) is 22.5 Å². The first-order chi connectivity index (χ1) is 8.63. The number of nitro benzene ring substituents is 1. The van der Waals surface area contributed by atoms with Crippen LogP contribution < -0.4 is 4.90 Å². The summed E-state index contributed by atoms with van der Waals surface area (Å²) in [4.78, 5) is 12.7. The first kappa shape index (κ1) is 12.4. The summed E-state index contributed by atoms with van der Waals surface area (Å²) in [7, 11) is 0. The molecule has 0 bridgehead atoms. The van der Waals surface area contributed by atoms with Gasteiger partial charge in [-0.3, -0.25) is 10.1 Å². The molecule has 0 amide bonds. The highest BCUT2D eigenvalue weighted by molar-refractivity contribution is 5.61. The third-order valence-electron chi connectivity index (χ3n) is 3.47. The third-order valence-corrected chi connectivity index (χ3v) is 3.47. The van der Waals surface area contributed by atoms with Crippen molar-refractivity contribution < 1.29 is 4.92 Å². The fourth-order valence-electron chi connectivity index (χ4n) is 2.46. The Labute approximate surface area is 107 Å². The highest BCUT2D eigenvalue weighted by Gasteiger charge is 2.21. The monoisotopic (exact) mass is 244 g/mol. The average Bonchev–Trinajstić information content (AvgIpc) is 2.38. The number of terminal acetylenes is 1. The second-order valence-corrected chi connectivity index (χ2v) is 4.64. The van der Waals surface area contributed by atoms with E-state index in [1.807, 2.05) is 0 Å². The molecule has 1 heterocycles. The van der Waals surface area contributed by atoms with Gasteiger partial charge in [-0.15, -0.1) is 6.42 Å². The molecule has 1 aromatic carbocycles. The van der Waals surface area contributed by atoms with Gasteiger partial charge in [0.25, 0.3) is 5.69 Å². The quantitative estimate of drug-likeness (QED) is 0.456. The number of piperidine rings is 1. The van der Waals surface area contributed by atoms with Crippen molar-refractivity contribution in [2.24, 2.45) is 0 Å². The summed E-state index contributed by atoms with van der Waals surface area (Å²) >= 11 is 0. The molecule has 1 unspecified atom stereocenters. The minimum absolute atomic E-state index is 0.00547. The van der Waals surface area contributed by atoms with E-state index in [0.29, 0.717) is 11.6 Å². The van der Waals surface area contributed by atoms with Crippen LogP contribution >= 0.6 is 0 Å². The number of hydrogen-bond donors (Lipinski definition) is 0. The maximum absolute atomic E-state index is 10.8. The Kier molecular flexibility index (Phi) is 3.52. The molecule has 0 aliphatic carbocycles. The van der Waals surface area contributed by atoms with E-state index in [1.165, 1.54) is 12.5 Å². The molecule has 0 aromatic heterocycles. The van der Waals surface area contributed by atoms with Crippen molar-refractivity contribution >= 4 is 11.4 Å². The molecule has 1 aliphatic heterocycles. The van der Waals surface area contributed by atoms with E-state index in [1.54, 1.807) is 12.1 Å². The van der Waals surface area contributed by atoms with Gasteiger partial charge < -0.3 is 4.90 Å². The number of hydrogen-bond acceptors (Lipinski definition) is 3. The number of benzene rings is 1. The standard InChI is InChI=1S/C14H16N2O2/c1-3-12-10-13(7-8-14(12)16(17)18)15-9-5-4-6-11(15)2/h1,7-8,10-11H,4-6,9H2,2H3. The van der Waals surface area contributed by atoms with Crippen molar-refractivity contribution in [3.05, 3.63) is 33.9 Å². The minimum Gasteiger partial charge on any atom is -0.369 e. The minimum atomic E-state index is -0.432. The van der Waals surface area contributed by atoms with E-state index < -0.39 is 4.92 Å². The van der Waals surface area contributed by atoms with E-state index in [-0.39, 0.29) is 5.69 Å². The number of nitro groups is 1. The van der Waals surface area contributed by atoms with Crippen LogP contribution in [0.25, 0.3) is 0 Å². The van der Waals surface area contributed by atoms with Crippen molar-refractivity contribution in [3.63, 3.8) is 0 Å². The largest absolute Gasteiger partial charge is 0.369 e. The van der Waals surface area contributed by atoms with E-state index in [0.717, 1.165) is 25.1 Å². The molecular weight excluding hydrogens is 228 g/mol. The topological polar surface area (TPSA) is 46.4 Å². The fourth-order valence-corrected chi connectivity index (χ4v) is 2.46. The van der Waals surface area contributed by atoms with E-state index in [9.17, 15) is 10.1 Å². The highest BCUT2D eigenvalue weighted by atomic mass is 16.6. The molecule has 1 aliphatic rings. The molecule has 1 saturated heterocycles. The highest BCUT2D eigenvalue weighted by Crippen LogP contribution is 2.28. The fraction of sp³-hybridized carbons (Fsp3) is 0.429. The predicted octanol–water partition coefficient (Wildman–Crippen LogP) is 2.95. The summed E-state index contributed by atoms with van der Waals surface area (Å²) in [5, 5.41) is 10.8. The van der Waals surface area contributed by atoms with Gasteiger partial charge in [0, 0.05) is 24.3 Å². The summed E-state index contributed by atoms with van der Waals surface area (Å²) in [6, 6.07) is 5.51. The lowest BCUT2D eigenvalue weighted by Crippen LogP contribution is -2.37. The van der Waals surface area contributed by atoms with Crippen LogP contribution in [0.15, 0.2) is 18.2 Å². The van der Waals surface area contributed by atoms with Gasteiger partial charge in [0.2, 0.25) is 0 Å². The average molecular weight is 244 g/mol. The van der Waals surface area contributed by atoms with Crippen molar-refractivity contribution in [3.8, 4) is 12.3 Å². The van der Waals surface area contributed by atoms with E-state index in [2.05, 4.69) is 17.7 Å². The maximum atomic E-state index is 10.8. The Morgan fingerprint density at radius 2 is 2.28 bits per heavy atom. The molecule has 0 spiro atoms. The van der Waals surface area contributed by atoms with Gasteiger partial charge in [-0.05, 0) is 38.3 Å². The SMILES string of the molecule is C#Cc1cc(N2CCCCC2C)ccc1[N+](=O)[O-]. The van der Waals surface area contributed by atoms with Crippen LogP contribution in [0.5, 0.6) is 0 Å². The molecule has 1 fully saturated rings. The molecule has 94 valence electrons. The van der Waals surface area contributed by atoms with Crippen molar-refractivity contribution in [2.75, 3.05) is 11.4 Å². The summed E-state index contributed by atoms with van der Waals surface area (Å²) in [5.41, 5.74) is 1.35. The number of anilines is 1. The van der Waals surface area contributed by atoms with Crippen LogP contribution in [0.4, 0.5) is 11.4 Å². The first-order valence-electron chi connectivity index (χ1n) is 6.15. The molecule has 18 heavy (non-hydrogen) atoms. The smallest absolute Gasteiger partial charge is 0.285 e. The zero-order valence-electron chi connectivity index (χ0n) is 10.4. The molecule has 0 saturated carbocycles. The van der Waals surface area contributed by atoms with Gasteiger partial charge in [-0.1, -0.05) is 5.92 Å². The van der Waals surface area contributed by atoms with Crippen LogP contribution in [0.2, 0.25) is 0 Å². The zero-order valence-corrected chi connectivity index (χ0v) is 10.4. The summed E-state index contributed by atoms with van der Waals surface area (Å²) in [6.07, 6.45) is 8.91. The Morgan fingerprint density at radius 1 is 1.50 bits per heavy atom. The van der Waals surface area contributed by atoms with Crippen LogP contribution in [0.3, 0.4) is 0 Å². The molecule has 1 atom stereocenters. The Morgan fingerprint density at radius 3 is 2.89 bits per heavy atom. The summed E-state index contributed by atoms with van der Waals surface area (Å²) < 4.78 is 0. The van der Waals surface area contributed by atoms with Crippen molar-refractivity contribution in [1.29, 1.82) is 0 Å². The molecule has 4 nitrogen and oxygen atoms in total. The summed E-state index contributed by atoms with van der Waals surface area (Å²) in [6.45, 7) is 3.17. The second-order valence-electron chi connectivity index (χ2n) is 4.64. The van der Waals surface area contributed by atoms with Crippen LogP contribution in [0.1, 0.15) is 31.7 Å². The zero-order chi connectivity index (χ0) is 13.1. The third kappa shape index (κ3) is 2.30. The number of nitrogens with zero attached hydrogens (tertiary/aromatic N) is 2. The molecule has 0 N–H and O–H groups in total. The Hall–Kier alpha value is -2.02. The van der Waals surface area contributed by atoms with Crippen molar-refractivity contribution in [1.82, 2.24) is 0 Å². The molecule has 4 heteroatoms. The predicted molar refractivity (Wildman–Crippen MR) is 71.7 cm³/mol. The molecular formula is C14H16N2O2. The number of rotatable bonds is 2. The van der Waals surface area contributed by atoms with Gasteiger partial charge in [-0.2, -0.15) is 0 Å². The normalized spacial score (nSPS) is 19.3. The Bertz CT molecular complexity index is 505. The maximum Gasteiger partial charge on any atom is 0.285 e. The summed E-state index contributed by atoms with van der Waals surface area (Å²) in [5.74, 6) is 2.40. The van der Waals surface area contributed by atoms with Crippen LogP contribution in [-0.4, -0.2) is 17.5 Å². The van der Waals surface area contributed by atoms with Crippen LogP contribution in [-0.2, 0) is 0 Å².